The van der Waals surface area contributed by atoms with Gasteiger partial charge in [-0.3, -0.25) is 14.5 Å². The summed E-state index contributed by atoms with van der Waals surface area (Å²) in [6.45, 7) is 2.32. The molecule has 0 bridgehead atoms. The minimum Gasteiger partial charge on any atom is -0.354 e. The maximum atomic E-state index is 12.2. The summed E-state index contributed by atoms with van der Waals surface area (Å²) in [6.07, 6.45) is 5.75. The van der Waals surface area contributed by atoms with Gasteiger partial charge in [0, 0.05) is 30.9 Å². The van der Waals surface area contributed by atoms with Gasteiger partial charge in [-0.2, -0.15) is 5.26 Å². The van der Waals surface area contributed by atoms with E-state index in [1.807, 2.05) is 4.90 Å². The van der Waals surface area contributed by atoms with Crippen molar-refractivity contribution in [3.63, 3.8) is 0 Å². The minimum atomic E-state index is -0.0890. The van der Waals surface area contributed by atoms with Gasteiger partial charge in [0.25, 0.3) is 0 Å². The lowest BCUT2D eigenvalue weighted by Crippen LogP contribution is -2.48. The van der Waals surface area contributed by atoms with Crippen LogP contribution in [-0.2, 0) is 22.4 Å². The van der Waals surface area contributed by atoms with Crippen molar-refractivity contribution >= 4 is 28.2 Å². The number of rotatable bonds is 4. The Balaban J connectivity index is 1.60. The van der Waals surface area contributed by atoms with Crippen LogP contribution in [0.1, 0.15) is 41.7 Å². The zero-order chi connectivity index (χ0) is 16.9. The fourth-order valence-electron chi connectivity index (χ4n) is 3.28. The molecule has 2 N–H and O–H groups in total. The molecule has 0 atom stereocenters. The lowest BCUT2D eigenvalue weighted by atomic mass is 10.1. The summed E-state index contributed by atoms with van der Waals surface area (Å²) in [5.74, 6) is -0.0793. The van der Waals surface area contributed by atoms with E-state index < -0.39 is 0 Å². The molecule has 0 saturated carbocycles. The molecule has 0 aromatic carbocycles. The molecular weight excluding hydrogens is 324 g/mol. The monoisotopic (exact) mass is 346 g/mol. The first-order chi connectivity index (χ1) is 11.7. The SMILES string of the molecule is N#Cc1c(NC(=O)CCN2CCNC(=O)C2)sc2c1CCCCC2. The molecule has 1 saturated heterocycles. The Bertz CT molecular complexity index is 677. The molecule has 1 aliphatic heterocycles. The van der Waals surface area contributed by atoms with E-state index in [2.05, 4.69) is 16.7 Å². The molecule has 2 aliphatic rings. The van der Waals surface area contributed by atoms with Gasteiger partial charge in [0.05, 0.1) is 12.1 Å². The van der Waals surface area contributed by atoms with Crippen molar-refractivity contribution in [1.29, 1.82) is 5.26 Å². The minimum absolute atomic E-state index is 0.00965. The normalized spacial score (nSPS) is 18.2. The van der Waals surface area contributed by atoms with Crippen LogP contribution in [-0.4, -0.2) is 42.9 Å². The third-order valence-corrected chi connectivity index (χ3v) is 5.77. The van der Waals surface area contributed by atoms with Crippen molar-refractivity contribution < 1.29 is 9.59 Å². The fraction of sp³-hybridized carbons (Fsp3) is 0.588. The third kappa shape index (κ3) is 3.94. The summed E-state index contributed by atoms with van der Waals surface area (Å²) >= 11 is 1.56. The van der Waals surface area contributed by atoms with E-state index in [1.165, 1.54) is 11.3 Å². The number of anilines is 1. The van der Waals surface area contributed by atoms with Crippen LogP contribution in [0.15, 0.2) is 0 Å². The van der Waals surface area contributed by atoms with Crippen molar-refractivity contribution in [2.45, 2.75) is 38.5 Å². The number of carbonyl (C=O) groups is 2. The van der Waals surface area contributed by atoms with E-state index in [-0.39, 0.29) is 11.8 Å². The summed E-state index contributed by atoms with van der Waals surface area (Å²) in [5.41, 5.74) is 1.80. The Labute approximate surface area is 145 Å². The summed E-state index contributed by atoms with van der Waals surface area (Å²) < 4.78 is 0. The molecule has 1 aromatic heterocycles. The second-order valence-corrected chi connectivity index (χ2v) is 7.41. The standard InChI is InChI=1S/C17H22N4O2S/c18-10-13-12-4-2-1-3-5-14(12)24-17(13)20-15(22)6-8-21-9-7-19-16(23)11-21/h1-9,11H2,(H,19,23)(H,20,22). The molecule has 6 nitrogen and oxygen atoms in total. The number of nitrogens with zero attached hydrogens (tertiary/aromatic N) is 2. The smallest absolute Gasteiger partial charge is 0.234 e. The highest BCUT2D eigenvalue weighted by molar-refractivity contribution is 7.16. The number of hydrogen-bond acceptors (Lipinski definition) is 5. The molecule has 0 radical (unpaired) electrons. The number of carbonyl (C=O) groups excluding carboxylic acids is 2. The zero-order valence-corrected chi connectivity index (χ0v) is 14.5. The Morgan fingerprint density at radius 3 is 2.96 bits per heavy atom. The van der Waals surface area contributed by atoms with E-state index in [4.69, 9.17) is 0 Å². The van der Waals surface area contributed by atoms with E-state index in [1.54, 1.807) is 11.3 Å². The predicted octanol–water partition coefficient (Wildman–Crippen LogP) is 1.65. The van der Waals surface area contributed by atoms with Gasteiger partial charge in [-0.05, 0) is 31.2 Å². The van der Waals surface area contributed by atoms with E-state index >= 15 is 0 Å². The highest BCUT2D eigenvalue weighted by atomic mass is 32.1. The number of hydrogen-bond donors (Lipinski definition) is 2. The molecule has 1 aliphatic carbocycles. The average molecular weight is 346 g/mol. The molecule has 128 valence electrons. The molecule has 7 heteroatoms. The largest absolute Gasteiger partial charge is 0.354 e. The van der Waals surface area contributed by atoms with Gasteiger partial charge in [0.15, 0.2) is 0 Å². The van der Waals surface area contributed by atoms with Crippen LogP contribution >= 0.6 is 11.3 Å². The Kier molecular flexibility index (Phi) is 5.48. The molecule has 0 unspecified atom stereocenters. The van der Waals surface area contributed by atoms with Gasteiger partial charge in [0.1, 0.15) is 11.1 Å². The molecule has 1 fully saturated rings. The lowest BCUT2D eigenvalue weighted by molar-refractivity contribution is -0.125. The van der Waals surface area contributed by atoms with Crippen molar-refractivity contribution in [1.82, 2.24) is 10.2 Å². The average Bonchev–Trinajstić information content (AvgIpc) is 2.73. The number of piperazine rings is 1. The van der Waals surface area contributed by atoms with Crippen LogP contribution in [0, 0.1) is 11.3 Å². The Morgan fingerprint density at radius 2 is 2.17 bits per heavy atom. The van der Waals surface area contributed by atoms with E-state index in [0.717, 1.165) is 37.8 Å². The van der Waals surface area contributed by atoms with Gasteiger partial charge in [-0.15, -0.1) is 11.3 Å². The van der Waals surface area contributed by atoms with Crippen LogP contribution in [0.2, 0.25) is 0 Å². The molecule has 0 spiro atoms. The second-order valence-electron chi connectivity index (χ2n) is 6.30. The third-order valence-electron chi connectivity index (χ3n) is 4.56. The first-order valence-corrected chi connectivity index (χ1v) is 9.32. The Morgan fingerprint density at radius 1 is 1.33 bits per heavy atom. The number of fused-ring (bicyclic) bond motifs is 1. The molecule has 1 aromatic rings. The summed E-state index contributed by atoms with van der Waals surface area (Å²) in [7, 11) is 0. The van der Waals surface area contributed by atoms with Crippen molar-refractivity contribution in [3.05, 3.63) is 16.0 Å². The quantitative estimate of drug-likeness (QED) is 0.812. The molecule has 2 heterocycles. The number of aryl methyl sites for hydroxylation is 1. The van der Waals surface area contributed by atoms with Gasteiger partial charge in [-0.1, -0.05) is 6.42 Å². The van der Waals surface area contributed by atoms with Crippen LogP contribution in [0.5, 0.6) is 0 Å². The number of nitrogens with one attached hydrogen (secondary N) is 2. The topological polar surface area (TPSA) is 85.2 Å². The van der Waals surface area contributed by atoms with Crippen LogP contribution in [0.3, 0.4) is 0 Å². The zero-order valence-electron chi connectivity index (χ0n) is 13.7. The van der Waals surface area contributed by atoms with Gasteiger partial charge in [0.2, 0.25) is 11.8 Å². The van der Waals surface area contributed by atoms with Crippen LogP contribution < -0.4 is 10.6 Å². The molecule has 3 rings (SSSR count). The van der Waals surface area contributed by atoms with Gasteiger partial charge < -0.3 is 10.6 Å². The number of nitriles is 1. The van der Waals surface area contributed by atoms with Gasteiger partial charge in [-0.25, -0.2) is 0 Å². The van der Waals surface area contributed by atoms with E-state index in [0.29, 0.717) is 36.6 Å². The number of thiophene rings is 1. The fourth-order valence-corrected chi connectivity index (χ4v) is 4.54. The van der Waals surface area contributed by atoms with E-state index in [9.17, 15) is 14.9 Å². The first kappa shape index (κ1) is 16.9. The summed E-state index contributed by atoms with van der Waals surface area (Å²) in [5, 5.41) is 15.9. The van der Waals surface area contributed by atoms with Crippen LogP contribution in [0.25, 0.3) is 0 Å². The molecular formula is C17H22N4O2S. The summed E-state index contributed by atoms with van der Waals surface area (Å²) in [6, 6.07) is 2.28. The predicted molar refractivity (Wildman–Crippen MR) is 93.0 cm³/mol. The van der Waals surface area contributed by atoms with Crippen molar-refractivity contribution in [3.8, 4) is 6.07 Å². The van der Waals surface area contributed by atoms with Crippen LogP contribution in [0.4, 0.5) is 5.00 Å². The van der Waals surface area contributed by atoms with Gasteiger partial charge >= 0.3 is 0 Å². The lowest BCUT2D eigenvalue weighted by Gasteiger charge is -2.25. The number of amides is 2. The maximum absolute atomic E-state index is 12.2. The maximum Gasteiger partial charge on any atom is 0.234 e. The highest BCUT2D eigenvalue weighted by Crippen LogP contribution is 2.36. The van der Waals surface area contributed by atoms with Crippen molar-refractivity contribution in [2.75, 3.05) is 31.5 Å². The highest BCUT2D eigenvalue weighted by Gasteiger charge is 2.21. The summed E-state index contributed by atoms with van der Waals surface area (Å²) in [4.78, 5) is 26.8. The second kappa shape index (κ2) is 7.77. The first-order valence-electron chi connectivity index (χ1n) is 8.51. The molecule has 24 heavy (non-hydrogen) atoms. The molecule has 2 amide bonds. The van der Waals surface area contributed by atoms with Crippen molar-refractivity contribution in [2.24, 2.45) is 0 Å². The Hall–Kier alpha value is -1.91.